The molecule has 1 saturated heterocycles. The van der Waals surface area contributed by atoms with E-state index >= 15 is 0 Å². The van der Waals surface area contributed by atoms with Crippen LogP contribution in [0.25, 0.3) is 0 Å². The van der Waals surface area contributed by atoms with Crippen LogP contribution in [0.1, 0.15) is 46.0 Å². The van der Waals surface area contributed by atoms with Crippen molar-refractivity contribution in [3.63, 3.8) is 0 Å². The van der Waals surface area contributed by atoms with Crippen molar-refractivity contribution < 1.29 is 9.59 Å². The number of rotatable bonds is 3. The Morgan fingerprint density at radius 3 is 2.41 bits per heavy atom. The topological polar surface area (TPSA) is 63.4 Å². The minimum atomic E-state index is -0.353. The smallest absolute Gasteiger partial charge is 0.235 e. The molecule has 2 amide bonds. The monoisotopic (exact) mass is 238 g/mol. The van der Waals surface area contributed by atoms with Gasteiger partial charge in [0.15, 0.2) is 0 Å². The van der Waals surface area contributed by atoms with Crippen LogP contribution in [0, 0.1) is 11.3 Å². The zero-order valence-electron chi connectivity index (χ0n) is 10.7. The maximum Gasteiger partial charge on any atom is 0.235 e. The van der Waals surface area contributed by atoms with Crippen molar-refractivity contribution in [2.45, 2.75) is 52.0 Å². The Kier molecular flexibility index (Phi) is 3.25. The normalized spacial score (nSPS) is 25.3. The van der Waals surface area contributed by atoms with Gasteiger partial charge in [0.2, 0.25) is 11.8 Å². The molecule has 1 unspecified atom stereocenters. The van der Waals surface area contributed by atoms with Gasteiger partial charge in [0.1, 0.15) is 0 Å². The molecule has 1 aliphatic heterocycles. The summed E-state index contributed by atoms with van der Waals surface area (Å²) in [4.78, 5) is 25.7. The van der Waals surface area contributed by atoms with Gasteiger partial charge in [0.05, 0.1) is 5.41 Å². The fourth-order valence-corrected chi connectivity index (χ4v) is 2.91. The summed E-state index contributed by atoms with van der Waals surface area (Å²) in [5.41, 5.74) is 5.61. The fourth-order valence-electron chi connectivity index (χ4n) is 2.91. The molecule has 1 aliphatic carbocycles. The van der Waals surface area contributed by atoms with E-state index in [-0.39, 0.29) is 29.2 Å². The number of likely N-dealkylation sites (tertiary alicyclic amines) is 1. The van der Waals surface area contributed by atoms with Crippen LogP contribution in [0.15, 0.2) is 0 Å². The van der Waals surface area contributed by atoms with Crippen molar-refractivity contribution in [1.29, 1.82) is 0 Å². The maximum atomic E-state index is 12.3. The minimum absolute atomic E-state index is 0.0204. The fraction of sp³-hybridized carbons (Fsp3) is 0.846. The highest BCUT2D eigenvalue weighted by Crippen LogP contribution is 2.46. The van der Waals surface area contributed by atoms with Gasteiger partial charge in [-0.25, -0.2) is 0 Å². The molecule has 1 spiro atoms. The van der Waals surface area contributed by atoms with Gasteiger partial charge in [0, 0.05) is 19.0 Å². The molecule has 2 N–H and O–H groups in total. The van der Waals surface area contributed by atoms with Crippen molar-refractivity contribution in [3.8, 4) is 0 Å². The summed E-state index contributed by atoms with van der Waals surface area (Å²) in [6.45, 7) is 4.42. The molecule has 0 bridgehead atoms. The Labute approximate surface area is 103 Å². The Morgan fingerprint density at radius 1 is 1.29 bits per heavy atom. The molecule has 17 heavy (non-hydrogen) atoms. The molecule has 0 aromatic heterocycles. The van der Waals surface area contributed by atoms with E-state index in [0.717, 1.165) is 25.7 Å². The lowest BCUT2D eigenvalue weighted by Gasteiger charge is -2.24. The number of nitrogens with two attached hydrogens (primary N) is 1. The lowest BCUT2D eigenvalue weighted by molar-refractivity contribution is -0.141. The van der Waals surface area contributed by atoms with Crippen LogP contribution in [-0.4, -0.2) is 29.3 Å². The predicted molar refractivity (Wildman–Crippen MR) is 65.1 cm³/mol. The SMILES string of the molecule is CC(C)C(N)CN1C(=O)CC2(CCCC2)C1=O. The molecule has 4 heteroatoms. The number of hydrogen-bond acceptors (Lipinski definition) is 3. The van der Waals surface area contributed by atoms with Crippen LogP contribution in [0.3, 0.4) is 0 Å². The Bertz CT molecular complexity index is 332. The molecule has 0 aromatic carbocycles. The first-order valence-electron chi connectivity index (χ1n) is 6.57. The zero-order chi connectivity index (χ0) is 12.6. The Morgan fingerprint density at radius 2 is 1.88 bits per heavy atom. The quantitative estimate of drug-likeness (QED) is 0.753. The van der Waals surface area contributed by atoms with E-state index in [9.17, 15) is 9.59 Å². The lowest BCUT2D eigenvalue weighted by atomic mass is 9.84. The molecule has 1 saturated carbocycles. The van der Waals surface area contributed by atoms with E-state index in [1.165, 1.54) is 4.90 Å². The van der Waals surface area contributed by atoms with E-state index in [0.29, 0.717) is 13.0 Å². The van der Waals surface area contributed by atoms with Crippen LogP contribution >= 0.6 is 0 Å². The van der Waals surface area contributed by atoms with E-state index in [4.69, 9.17) is 5.73 Å². The average Bonchev–Trinajstić information content (AvgIpc) is 2.81. The molecular formula is C13H22N2O2. The molecular weight excluding hydrogens is 216 g/mol. The third-order valence-electron chi connectivity index (χ3n) is 4.30. The van der Waals surface area contributed by atoms with Crippen molar-refractivity contribution in [2.24, 2.45) is 17.1 Å². The number of amides is 2. The molecule has 1 heterocycles. The van der Waals surface area contributed by atoms with E-state index in [1.807, 2.05) is 13.8 Å². The van der Waals surface area contributed by atoms with Gasteiger partial charge in [-0.2, -0.15) is 0 Å². The van der Waals surface area contributed by atoms with Crippen molar-refractivity contribution >= 4 is 11.8 Å². The van der Waals surface area contributed by atoms with E-state index in [1.54, 1.807) is 0 Å². The number of imide groups is 1. The highest BCUT2D eigenvalue weighted by Gasteiger charge is 2.52. The first kappa shape index (κ1) is 12.6. The third kappa shape index (κ3) is 2.10. The lowest BCUT2D eigenvalue weighted by Crippen LogP contribution is -2.44. The van der Waals surface area contributed by atoms with Gasteiger partial charge in [-0.05, 0) is 18.8 Å². The summed E-state index contributed by atoms with van der Waals surface area (Å²) < 4.78 is 0. The van der Waals surface area contributed by atoms with Gasteiger partial charge in [0.25, 0.3) is 0 Å². The number of nitrogens with zero attached hydrogens (tertiary/aromatic N) is 1. The molecule has 2 aliphatic rings. The summed E-state index contributed by atoms with van der Waals surface area (Å²) in [5.74, 6) is 0.305. The van der Waals surface area contributed by atoms with E-state index in [2.05, 4.69) is 0 Å². The zero-order valence-corrected chi connectivity index (χ0v) is 10.7. The predicted octanol–water partition coefficient (Wildman–Crippen LogP) is 1.29. The summed E-state index contributed by atoms with van der Waals surface area (Å²) in [6, 6.07) is -0.112. The highest BCUT2D eigenvalue weighted by atomic mass is 16.2. The number of carbonyl (C=O) groups is 2. The second-order valence-electron chi connectivity index (χ2n) is 5.88. The van der Waals surface area contributed by atoms with Crippen molar-refractivity contribution in [2.75, 3.05) is 6.54 Å². The molecule has 2 fully saturated rings. The third-order valence-corrected chi connectivity index (χ3v) is 4.30. The second kappa shape index (κ2) is 4.41. The Hall–Kier alpha value is -0.900. The summed E-state index contributed by atoms with van der Waals surface area (Å²) >= 11 is 0. The molecule has 1 atom stereocenters. The van der Waals surface area contributed by atoms with Crippen molar-refractivity contribution in [1.82, 2.24) is 4.90 Å². The first-order valence-corrected chi connectivity index (χ1v) is 6.57. The van der Waals surface area contributed by atoms with Gasteiger partial charge >= 0.3 is 0 Å². The average molecular weight is 238 g/mol. The van der Waals surface area contributed by atoms with Crippen LogP contribution in [0.2, 0.25) is 0 Å². The van der Waals surface area contributed by atoms with Crippen LogP contribution < -0.4 is 5.73 Å². The van der Waals surface area contributed by atoms with Gasteiger partial charge < -0.3 is 5.73 Å². The molecule has 96 valence electrons. The Balaban J connectivity index is 2.09. The van der Waals surface area contributed by atoms with Gasteiger partial charge in [-0.15, -0.1) is 0 Å². The molecule has 0 radical (unpaired) electrons. The number of hydrogen-bond donors (Lipinski definition) is 1. The van der Waals surface area contributed by atoms with E-state index < -0.39 is 0 Å². The largest absolute Gasteiger partial charge is 0.326 e. The van der Waals surface area contributed by atoms with Crippen LogP contribution in [-0.2, 0) is 9.59 Å². The molecule has 0 aromatic rings. The summed E-state index contributed by atoms with van der Waals surface area (Å²) in [6.07, 6.45) is 4.32. The minimum Gasteiger partial charge on any atom is -0.326 e. The summed E-state index contributed by atoms with van der Waals surface area (Å²) in [5, 5.41) is 0. The standard InChI is InChI=1S/C13H22N2O2/c1-9(2)10(14)8-15-11(16)7-13(12(15)17)5-3-4-6-13/h9-10H,3-8,14H2,1-2H3. The first-order chi connectivity index (χ1) is 7.96. The molecule has 4 nitrogen and oxygen atoms in total. The van der Waals surface area contributed by atoms with Gasteiger partial charge in [-0.1, -0.05) is 26.7 Å². The second-order valence-corrected chi connectivity index (χ2v) is 5.88. The maximum absolute atomic E-state index is 12.3. The van der Waals surface area contributed by atoms with Crippen molar-refractivity contribution in [3.05, 3.63) is 0 Å². The van der Waals surface area contributed by atoms with Gasteiger partial charge in [-0.3, -0.25) is 14.5 Å². The van der Waals surface area contributed by atoms with Crippen LogP contribution in [0.5, 0.6) is 0 Å². The van der Waals surface area contributed by atoms with Crippen LogP contribution in [0.4, 0.5) is 0 Å². The molecule has 2 rings (SSSR count). The summed E-state index contributed by atoms with van der Waals surface area (Å²) in [7, 11) is 0. The highest BCUT2D eigenvalue weighted by molar-refractivity contribution is 6.06. The number of carbonyl (C=O) groups excluding carboxylic acids is 2.